The molecule has 2 aliphatic carbocycles. The minimum absolute atomic E-state index is 0. The van der Waals surface area contributed by atoms with Crippen LogP contribution >= 0.6 is 24.0 Å². The van der Waals surface area contributed by atoms with Crippen LogP contribution in [-0.2, 0) is 18.3 Å². The summed E-state index contributed by atoms with van der Waals surface area (Å²) in [5.74, 6) is 1.55. The van der Waals surface area contributed by atoms with Crippen molar-refractivity contribution in [1.29, 1.82) is 0 Å². The van der Waals surface area contributed by atoms with E-state index in [0.29, 0.717) is 23.5 Å². The Kier molecular flexibility index (Phi) is 4.87. The number of rotatable bonds is 3. The van der Waals surface area contributed by atoms with Crippen molar-refractivity contribution < 1.29 is 4.74 Å². The molecule has 1 spiro atoms. The molecule has 0 aromatic carbocycles. The van der Waals surface area contributed by atoms with Gasteiger partial charge in [-0.3, -0.25) is 9.67 Å². The Morgan fingerprint density at radius 1 is 1.52 bits per heavy atom. The van der Waals surface area contributed by atoms with Crippen LogP contribution in [0.5, 0.6) is 0 Å². The summed E-state index contributed by atoms with van der Waals surface area (Å²) in [4.78, 5) is 4.40. The fourth-order valence-corrected chi connectivity index (χ4v) is 4.55. The predicted octanol–water partition coefficient (Wildman–Crippen LogP) is 1.66. The first-order chi connectivity index (χ1) is 10.7. The largest absolute Gasteiger partial charge is 0.377 e. The molecule has 0 radical (unpaired) electrons. The van der Waals surface area contributed by atoms with Gasteiger partial charge < -0.3 is 15.4 Å². The summed E-state index contributed by atoms with van der Waals surface area (Å²) >= 11 is 0. The minimum atomic E-state index is 0. The zero-order chi connectivity index (χ0) is 15.2. The maximum Gasteiger partial charge on any atom is 0.191 e. The van der Waals surface area contributed by atoms with E-state index in [9.17, 15) is 0 Å². The van der Waals surface area contributed by atoms with Crippen LogP contribution in [-0.4, -0.2) is 41.5 Å². The monoisotopic (exact) mass is 431 g/mol. The number of aliphatic imine (C=N–C) groups is 1. The van der Waals surface area contributed by atoms with Gasteiger partial charge in [-0.25, -0.2) is 0 Å². The fraction of sp³-hybridized carbons (Fsp3) is 0.750. The summed E-state index contributed by atoms with van der Waals surface area (Å²) in [6.07, 6.45) is 7.43. The minimum Gasteiger partial charge on any atom is -0.377 e. The third kappa shape index (κ3) is 2.65. The van der Waals surface area contributed by atoms with Crippen LogP contribution < -0.4 is 10.6 Å². The molecule has 2 heterocycles. The molecule has 1 aliphatic heterocycles. The van der Waals surface area contributed by atoms with Gasteiger partial charge in [0, 0.05) is 44.3 Å². The average Bonchev–Trinajstić information content (AvgIpc) is 3.05. The molecule has 3 aliphatic rings. The van der Waals surface area contributed by atoms with Gasteiger partial charge in [0.1, 0.15) is 0 Å². The second kappa shape index (κ2) is 6.58. The molecular weight excluding hydrogens is 405 g/mol. The Labute approximate surface area is 154 Å². The molecule has 0 amide bonds. The number of aryl methyl sites for hydroxylation is 1. The van der Waals surface area contributed by atoms with Gasteiger partial charge in [-0.1, -0.05) is 6.42 Å². The summed E-state index contributed by atoms with van der Waals surface area (Å²) in [5, 5.41) is 11.3. The molecule has 1 aromatic heterocycles. The summed E-state index contributed by atoms with van der Waals surface area (Å²) in [5.41, 5.74) is 1.53. The van der Waals surface area contributed by atoms with Crippen LogP contribution in [0, 0.1) is 11.3 Å². The van der Waals surface area contributed by atoms with Gasteiger partial charge in [-0.2, -0.15) is 5.10 Å². The van der Waals surface area contributed by atoms with Crippen molar-refractivity contribution in [3.05, 3.63) is 18.0 Å². The van der Waals surface area contributed by atoms with E-state index >= 15 is 0 Å². The molecule has 1 saturated heterocycles. The molecule has 2 N–H and O–H groups in total. The highest BCUT2D eigenvalue weighted by Crippen LogP contribution is 2.62. The van der Waals surface area contributed by atoms with Gasteiger partial charge in [0.15, 0.2) is 5.96 Å². The number of aromatic nitrogens is 2. The zero-order valence-electron chi connectivity index (χ0n) is 13.8. The molecule has 6 nitrogen and oxygen atoms in total. The summed E-state index contributed by atoms with van der Waals surface area (Å²) in [6.45, 7) is 1.66. The van der Waals surface area contributed by atoms with E-state index < -0.39 is 0 Å². The SMILES string of the molecule is CN=C(NCc1ccnn1C)NC1C2CCOC2C12CCC2.I. The van der Waals surface area contributed by atoms with Crippen molar-refractivity contribution in [1.82, 2.24) is 20.4 Å². The van der Waals surface area contributed by atoms with Crippen molar-refractivity contribution in [2.24, 2.45) is 23.4 Å². The van der Waals surface area contributed by atoms with Crippen molar-refractivity contribution in [2.45, 2.75) is 44.4 Å². The number of hydrogen-bond acceptors (Lipinski definition) is 3. The van der Waals surface area contributed by atoms with Crippen molar-refractivity contribution in [3.8, 4) is 0 Å². The lowest BCUT2D eigenvalue weighted by Gasteiger charge is -2.63. The van der Waals surface area contributed by atoms with Gasteiger partial charge in [-0.15, -0.1) is 24.0 Å². The Morgan fingerprint density at radius 3 is 2.96 bits per heavy atom. The molecule has 7 heteroatoms. The Bertz CT molecular complexity index is 583. The lowest BCUT2D eigenvalue weighted by Crippen LogP contribution is -2.72. The summed E-state index contributed by atoms with van der Waals surface area (Å²) < 4.78 is 7.86. The Hall–Kier alpha value is -0.830. The fourth-order valence-electron chi connectivity index (χ4n) is 4.55. The van der Waals surface area contributed by atoms with E-state index in [1.165, 1.54) is 25.7 Å². The van der Waals surface area contributed by atoms with Crippen LogP contribution in [0.15, 0.2) is 17.3 Å². The van der Waals surface area contributed by atoms with E-state index in [1.54, 1.807) is 0 Å². The number of hydrogen-bond donors (Lipinski definition) is 2. The second-order valence-electron chi connectivity index (χ2n) is 6.82. The van der Waals surface area contributed by atoms with Crippen LogP contribution in [0.2, 0.25) is 0 Å². The quantitative estimate of drug-likeness (QED) is 0.434. The maximum atomic E-state index is 5.98. The van der Waals surface area contributed by atoms with Gasteiger partial charge in [0.2, 0.25) is 0 Å². The molecule has 1 aromatic rings. The molecule has 4 rings (SSSR count). The summed E-state index contributed by atoms with van der Waals surface area (Å²) in [6, 6.07) is 2.55. The lowest BCUT2D eigenvalue weighted by molar-refractivity contribution is -0.171. The van der Waals surface area contributed by atoms with E-state index in [2.05, 4.69) is 20.7 Å². The van der Waals surface area contributed by atoms with E-state index in [4.69, 9.17) is 4.74 Å². The summed E-state index contributed by atoms with van der Waals surface area (Å²) in [7, 11) is 3.80. The Morgan fingerprint density at radius 2 is 2.35 bits per heavy atom. The maximum absolute atomic E-state index is 5.98. The number of nitrogens with zero attached hydrogens (tertiary/aromatic N) is 3. The smallest absolute Gasteiger partial charge is 0.191 e. The van der Waals surface area contributed by atoms with Crippen LogP contribution in [0.1, 0.15) is 31.4 Å². The van der Waals surface area contributed by atoms with Gasteiger partial charge in [-0.05, 0) is 25.3 Å². The lowest BCUT2D eigenvalue weighted by atomic mass is 9.46. The number of halogens is 1. The molecule has 23 heavy (non-hydrogen) atoms. The van der Waals surface area contributed by atoms with Crippen molar-refractivity contribution in [2.75, 3.05) is 13.7 Å². The number of ether oxygens (including phenoxy) is 1. The topological polar surface area (TPSA) is 63.5 Å². The average molecular weight is 431 g/mol. The predicted molar refractivity (Wildman–Crippen MR) is 99.9 cm³/mol. The van der Waals surface area contributed by atoms with E-state index in [1.807, 2.05) is 31.0 Å². The third-order valence-corrected chi connectivity index (χ3v) is 5.91. The second-order valence-corrected chi connectivity index (χ2v) is 6.82. The third-order valence-electron chi connectivity index (χ3n) is 5.91. The number of nitrogens with one attached hydrogen (secondary N) is 2. The van der Waals surface area contributed by atoms with Crippen molar-refractivity contribution in [3.63, 3.8) is 0 Å². The molecule has 3 unspecified atom stereocenters. The highest BCUT2D eigenvalue weighted by Gasteiger charge is 2.66. The zero-order valence-corrected chi connectivity index (χ0v) is 16.1. The molecule has 2 saturated carbocycles. The number of fused-ring (bicyclic) bond motifs is 2. The van der Waals surface area contributed by atoms with Crippen molar-refractivity contribution >= 4 is 29.9 Å². The molecule has 3 atom stereocenters. The Balaban J connectivity index is 0.00000156. The van der Waals surface area contributed by atoms with Gasteiger partial charge in [0.25, 0.3) is 0 Å². The molecule has 0 bridgehead atoms. The molecule has 128 valence electrons. The van der Waals surface area contributed by atoms with E-state index in [-0.39, 0.29) is 24.0 Å². The van der Waals surface area contributed by atoms with Crippen LogP contribution in [0.4, 0.5) is 0 Å². The van der Waals surface area contributed by atoms with Gasteiger partial charge >= 0.3 is 0 Å². The van der Waals surface area contributed by atoms with Gasteiger partial charge in [0.05, 0.1) is 18.3 Å². The van der Waals surface area contributed by atoms with E-state index in [0.717, 1.165) is 24.8 Å². The highest BCUT2D eigenvalue weighted by atomic mass is 127. The van der Waals surface area contributed by atoms with Crippen LogP contribution in [0.3, 0.4) is 0 Å². The number of guanidine groups is 1. The first-order valence-corrected chi connectivity index (χ1v) is 8.30. The first kappa shape index (κ1) is 17.0. The van der Waals surface area contributed by atoms with Crippen LogP contribution in [0.25, 0.3) is 0 Å². The molecular formula is C16H26IN5O. The normalized spacial score (nSPS) is 30.9. The first-order valence-electron chi connectivity index (χ1n) is 8.30. The standard InChI is InChI=1S/C16H25N5O.HI/c1-17-15(18-10-11-4-8-19-21(11)2)20-13-12-5-9-22-14(12)16(13)6-3-7-16;/h4,8,12-14H,3,5-7,9-10H2,1-2H3,(H2,17,18,20);1H. The highest BCUT2D eigenvalue weighted by molar-refractivity contribution is 14.0. The molecule has 3 fully saturated rings.